The molecule has 0 fully saturated rings. The zero-order valence-electron chi connectivity index (χ0n) is 9.19. The lowest BCUT2D eigenvalue weighted by Gasteiger charge is -2.13. The second-order valence-electron chi connectivity index (χ2n) is 3.45. The first-order valence-electron chi connectivity index (χ1n) is 4.86. The second-order valence-corrected chi connectivity index (χ2v) is 4.43. The molecular weight excluding hydrogens is 235 g/mol. The number of nitrogens with one attached hydrogen (secondary N) is 1. The lowest BCUT2D eigenvalue weighted by Crippen LogP contribution is -2.10. The topological polar surface area (TPSA) is 12.0 Å². The van der Waals surface area contributed by atoms with E-state index in [9.17, 15) is 13.2 Å². The summed E-state index contributed by atoms with van der Waals surface area (Å²) in [5.74, 6) is 0.870. The first-order valence-corrected chi connectivity index (χ1v) is 6.25. The Hall–Kier alpha value is -0.840. The molecule has 0 spiro atoms. The Labute approximate surface area is 97.4 Å². The molecule has 0 aromatic heterocycles. The molecular formula is C11H14F3NS. The van der Waals surface area contributed by atoms with E-state index in [0.717, 1.165) is 11.8 Å². The Balaban J connectivity index is 2.82. The molecule has 1 aromatic carbocycles. The van der Waals surface area contributed by atoms with Crippen LogP contribution >= 0.6 is 11.8 Å². The van der Waals surface area contributed by atoms with Crippen LogP contribution in [0.3, 0.4) is 0 Å². The number of benzene rings is 1. The van der Waals surface area contributed by atoms with Gasteiger partial charge in [0.15, 0.2) is 0 Å². The van der Waals surface area contributed by atoms with Gasteiger partial charge in [-0.05, 0) is 30.9 Å². The van der Waals surface area contributed by atoms with Gasteiger partial charge in [-0.25, -0.2) is 0 Å². The van der Waals surface area contributed by atoms with Gasteiger partial charge in [0.05, 0.1) is 5.56 Å². The quantitative estimate of drug-likeness (QED) is 0.815. The van der Waals surface area contributed by atoms with Crippen molar-refractivity contribution in [1.82, 2.24) is 0 Å². The van der Waals surface area contributed by atoms with E-state index in [4.69, 9.17) is 0 Å². The van der Waals surface area contributed by atoms with Crippen LogP contribution in [0.15, 0.2) is 18.2 Å². The van der Waals surface area contributed by atoms with Gasteiger partial charge in [0.2, 0.25) is 0 Å². The van der Waals surface area contributed by atoms with E-state index in [1.807, 2.05) is 6.26 Å². The molecule has 0 saturated heterocycles. The lowest BCUT2D eigenvalue weighted by atomic mass is 10.1. The van der Waals surface area contributed by atoms with Crippen LogP contribution in [0.25, 0.3) is 0 Å². The van der Waals surface area contributed by atoms with E-state index >= 15 is 0 Å². The predicted molar refractivity (Wildman–Crippen MR) is 63.1 cm³/mol. The zero-order chi connectivity index (χ0) is 12.2. The third kappa shape index (κ3) is 3.63. The van der Waals surface area contributed by atoms with Crippen molar-refractivity contribution >= 4 is 17.4 Å². The monoisotopic (exact) mass is 249 g/mol. The summed E-state index contributed by atoms with van der Waals surface area (Å²) in [7, 11) is 0. The number of anilines is 1. The van der Waals surface area contributed by atoms with Gasteiger partial charge in [0.25, 0.3) is 0 Å². The Bertz CT molecular complexity index is 350. The highest BCUT2D eigenvalue weighted by Gasteiger charge is 2.32. The average Bonchev–Trinajstić information content (AvgIpc) is 2.19. The van der Waals surface area contributed by atoms with Gasteiger partial charge < -0.3 is 5.32 Å². The third-order valence-electron chi connectivity index (χ3n) is 2.18. The van der Waals surface area contributed by atoms with Crippen molar-refractivity contribution < 1.29 is 13.2 Å². The minimum atomic E-state index is -4.28. The number of hydrogen-bond donors (Lipinski definition) is 1. The van der Waals surface area contributed by atoms with Crippen LogP contribution < -0.4 is 5.32 Å². The maximum absolute atomic E-state index is 12.6. The molecule has 0 atom stereocenters. The predicted octanol–water partition coefficient (Wildman–Crippen LogP) is 3.79. The second kappa shape index (κ2) is 5.48. The largest absolute Gasteiger partial charge is 0.416 e. The third-order valence-corrected chi connectivity index (χ3v) is 2.79. The molecule has 1 rings (SSSR count). The van der Waals surface area contributed by atoms with Crippen LogP contribution in [0.1, 0.15) is 11.1 Å². The SMILES string of the molecule is CSCCNc1ccc(C)c(C(F)(F)F)c1. The van der Waals surface area contributed by atoms with E-state index in [1.165, 1.54) is 13.0 Å². The number of halogens is 3. The van der Waals surface area contributed by atoms with Crippen LogP contribution in [0.4, 0.5) is 18.9 Å². The van der Waals surface area contributed by atoms with E-state index < -0.39 is 11.7 Å². The fourth-order valence-electron chi connectivity index (χ4n) is 1.33. The molecule has 0 amide bonds. The first kappa shape index (κ1) is 13.2. The number of thioether (sulfide) groups is 1. The summed E-state index contributed by atoms with van der Waals surface area (Å²) >= 11 is 1.65. The van der Waals surface area contributed by atoms with Crippen molar-refractivity contribution in [1.29, 1.82) is 0 Å². The van der Waals surface area contributed by atoms with Gasteiger partial charge in [-0.3, -0.25) is 0 Å². The number of hydrogen-bond acceptors (Lipinski definition) is 2. The minimum absolute atomic E-state index is 0.253. The van der Waals surface area contributed by atoms with Gasteiger partial charge in [0.1, 0.15) is 0 Å². The summed E-state index contributed by atoms with van der Waals surface area (Å²) in [5, 5.41) is 2.96. The Kier molecular flexibility index (Phi) is 4.53. The molecule has 0 heterocycles. The standard InChI is InChI=1S/C11H14F3NS/c1-8-3-4-9(15-5-6-16-2)7-10(8)11(12,13)14/h3-4,7,15H,5-6H2,1-2H3. The van der Waals surface area contributed by atoms with Gasteiger partial charge >= 0.3 is 6.18 Å². The summed E-state index contributed by atoms with van der Waals surface area (Å²) in [6, 6.07) is 4.32. The molecule has 0 aliphatic carbocycles. The normalized spacial score (nSPS) is 11.6. The first-order chi connectivity index (χ1) is 7.45. The summed E-state index contributed by atoms with van der Waals surface area (Å²) < 4.78 is 37.8. The molecule has 0 bridgehead atoms. The smallest absolute Gasteiger partial charge is 0.384 e. The summed E-state index contributed by atoms with van der Waals surface area (Å²) in [6.07, 6.45) is -2.32. The molecule has 5 heteroatoms. The van der Waals surface area contributed by atoms with Crippen molar-refractivity contribution in [3.8, 4) is 0 Å². The highest BCUT2D eigenvalue weighted by Crippen LogP contribution is 2.33. The Morgan fingerprint density at radius 3 is 2.56 bits per heavy atom. The Morgan fingerprint density at radius 1 is 1.31 bits per heavy atom. The van der Waals surface area contributed by atoms with Crippen LogP contribution in [-0.2, 0) is 6.18 Å². The molecule has 1 nitrogen and oxygen atoms in total. The summed E-state index contributed by atoms with van der Waals surface area (Å²) in [6.45, 7) is 2.13. The molecule has 0 unspecified atom stereocenters. The average molecular weight is 249 g/mol. The van der Waals surface area contributed by atoms with Crippen LogP contribution in [0.5, 0.6) is 0 Å². The Morgan fingerprint density at radius 2 is 2.00 bits per heavy atom. The van der Waals surface area contributed by atoms with Crippen molar-refractivity contribution in [3.63, 3.8) is 0 Å². The van der Waals surface area contributed by atoms with Crippen LogP contribution in [0, 0.1) is 6.92 Å². The maximum Gasteiger partial charge on any atom is 0.416 e. The van der Waals surface area contributed by atoms with Crippen LogP contribution in [0.2, 0.25) is 0 Å². The van der Waals surface area contributed by atoms with Crippen molar-refractivity contribution in [3.05, 3.63) is 29.3 Å². The van der Waals surface area contributed by atoms with Gasteiger partial charge in [0, 0.05) is 18.0 Å². The van der Waals surface area contributed by atoms with E-state index in [2.05, 4.69) is 5.32 Å². The number of alkyl halides is 3. The summed E-state index contributed by atoms with van der Waals surface area (Å²) in [4.78, 5) is 0. The molecule has 1 N–H and O–H groups in total. The van der Waals surface area contributed by atoms with E-state index in [1.54, 1.807) is 17.8 Å². The van der Waals surface area contributed by atoms with Gasteiger partial charge in [-0.15, -0.1) is 0 Å². The van der Waals surface area contributed by atoms with Gasteiger partial charge in [-0.1, -0.05) is 6.07 Å². The zero-order valence-corrected chi connectivity index (χ0v) is 10.0. The van der Waals surface area contributed by atoms with Crippen molar-refractivity contribution in [2.75, 3.05) is 23.9 Å². The van der Waals surface area contributed by atoms with Crippen molar-refractivity contribution in [2.24, 2.45) is 0 Å². The number of rotatable bonds is 4. The lowest BCUT2D eigenvalue weighted by molar-refractivity contribution is -0.138. The molecule has 0 aliphatic heterocycles. The van der Waals surface area contributed by atoms with Crippen LogP contribution in [-0.4, -0.2) is 18.6 Å². The molecule has 0 saturated carbocycles. The van der Waals surface area contributed by atoms with E-state index in [0.29, 0.717) is 12.2 Å². The number of aryl methyl sites for hydroxylation is 1. The van der Waals surface area contributed by atoms with Gasteiger partial charge in [-0.2, -0.15) is 24.9 Å². The fourth-order valence-corrected chi connectivity index (χ4v) is 1.64. The maximum atomic E-state index is 12.6. The highest BCUT2D eigenvalue weighted by molar-refractivity contribution is 7.98. The molecule has 90 valence electrons. The molecule has 16 heavy (non-hydrogen) atoms. The molecule has 1 aromatic rings. The minimum Gasteiger partial charge on any atom is -0.384 e. The fraction of sp³-hybridized carbons (Fsp3) is 0.455. The highest BCUT2D eigenvalue weighted by atomic mass is 32.2. The van der Waals surface area contributed by atoms with Crippen molar-refractivity contribution in [2.45, 2.75) is 13.1 Å². The van der Waals surface area contributed by atoms with E-state index in [-0.39, 0.29) is 5.56 Å². The summed E-state index contributed by atoms with van der Waals surface area (Å²) in [5.41, 5.74) is 0.205. The molecule has 0 aliphatic rings. The molecule has 0 radical (unpaired) electrons.